The molecule has 3 N–H and O–H groups in total. The average molecular weight is 809 g/mol. The van der Waals surface area contributed by atoms with Crippen LogP contribution in [0.1, 0.15) is 20.8 Å². The zero-order valence-corrected chi connectivity index (χ0v) is 33.3. The summed E-state index contributed by atoms with van der Waals surface area (Å²) in [5.74, 6) is -0.547. The molecule has 324 valence electrons. The molecule has 0 spiro atoms. The van der Waals surface area contributed by atoms with Crippen molar-refractivity contribution < 1.29 is 61.8 Å². The Labute approximate surface area is 329 Å². The van der Waals surface area contributed by atoms with Crippen LogP contribution in [0, 0.1) is 0 Å². The second-order valence-corrected chi connectivity index (χ2v) is 12.3. The standard InChI is InChI=1S/C33H64N10O13/c1-33(2,3)56-32(46)38-6-12-49-18-24-55-27-21-52-15-9-43(28-30(44)36-4-10-47-16-22-53-25-19-50-13-7-39-41-34)29-31(45)37-5-11-48-17-23-54-26-20-51-14-8-40-42-35/h4-29H2,1-3H3,(H,36,44)(H,37,45)(H,38,46). The first kappa shape index (κ1) is 52.4. The van der Waals surface area contributed by atoms with Crippen molar-refractivity contribution in [2.45, 2.75) is 26.4 Å². The van der Waals surface area contributed by atoms with E-state index >= 15 is 0 Å². The highest BCUT2D eigenvalue weighted by Crippen LogP contribution is 2.06. The first-order chi connectivity index (χ1) is 27.2. The van der Waals surface area contributed by atoms with Gasteiger partial charge in [0.25, 0.3) is 0 Å². The number of alkyl carbamates (subject to hydrolysis) is 1. The van der Waals surface area contributed by atoms with Gasteiger partial charge in [-0.25, -0.2) is 4.79 Å². The summed E-state index contributed by atoms with van der Waals surface area (Å²) in [6.45, 7) is 13.1. The maximum Gasteiger partial charge on any atom is 0.407 e. The topological polar surface area (TPSA) is 280 Å². The predicted octanol–water partition coefficient (Wildman–Crippen LogP) is 0.816. The van der Waals surface area contributed by atoms with Crippen LogP contribution in [0.2, 0.25) is 0 Å². The molecule has 0 unspecified atom stereocenters. The Hall–Kier alpha value is -3.57. The van der Waals surface area contributed by atoms with E-state index in [1.54, 1.807) is 25.7 Å². The van der Waals surface area contributed by atoms with Gasteiger partial charge in [0.05, 0.1) is 132 Å². The van der Waals surface area contributed by atoms with Gasteiger partial charge in [0.1, 0.15) is 5.60 Å². The molecule has 0 saturated carbocycles. The Balaban J connectivity index is 4.29. The highest BCUT2D eigenvalue weighted by Gasteiger charge is 2.16. The van der Waals surface area contributed by atoms with Crippen molar-refractivity contribution >= 4 is 17.9 Å². The Morgan fingerprint density at radius 2 is 0.821 bits per heavy atom. The smallest absolute Gasteiger partial charge is 0.407 e. The largest absolute Gasteiger partial charge is 0.444 e. The van der Waals surface area contributed by atoms with Crippen LogP contribution in [0.4, 0.5) is 4.79 Å². The van der Waals surface area contributed by atoms with Crippen LogP contribution < -0.4 is 16.0 Å². The third-order valence-corrected chi connectivity index (χ3v) is 6.37. The minimum absolute atomic E-state index is 0.0285. The molecule has 0 fully saturated rings. The molecule has 0 bridgehead atoms. The molecule has 0 radical (unpaired) electrons. The van der Waals surface area contributed by atoms with Crippen LogP contribution in [0.5, 0.6) is 0 Å². The predicted molar refractivity (Wildman–Crippen MR) is 202 cm³/mol. The number of nitrogens with one attached hydrogen (secondary N) is 3. The van der Waals surface area contributed by atoms with Gasteiger partial charge in [0.2, 0.25) is 11.8 Å². The molecule has 0 aliphatic rings. The van der Waals surface area contributed by atoms with E-state index in [1.165, 1.54) is 0 Å². The summed E-state index contributed by atoms with van der Waals surface area (Å²) >= 11 is 0. The lowest BCUT2D eigenvalue weighted by Gasteiger charge is -2.21. The molecule has 56 heavy (non-hydrogen) atoms. The van der Waals surface area contributed by atoms with Crippen LogP contribution in [-0.4, -0.2) is 200 Å². The molecule has 0 atom stereocenters. The molecule has 0 aromatic heterocycles. The summed E-state index contributed by atoms with van der Waals surface area (Å²) < 4.78 is 54.0. The molecular formula is C33H64N10O13. The van der Waals surface area contributed by atoms with Gasteiger partial charge in [-0.05, 0) is 31.8 Å². The first-order valence-electron chi connectivity index (χ1n) is 18.6. The van der Waals surface area contributed by atoms with Gasteiger partial charge in [0.15, 0.2) is 0 Å². The van der Waals surface area contributed by atoms with Crippen LogP contribution in [0.15, 0.2) is 10.2 Å². The van der Waals surface area contributed by atoms with Crippen LogP contribution in [0.3, 0.4) is 0 Å². The van der Waals surface area contributed by atoms with Gasteiger partial charge < -0.3 is 63.3 Å². The second kappa shape index (κ2) is 39.7. The Bertz CT molecular complexity index is 1020. The maximum absolute atomic E-state index is 12.7. The zero-order chi connectivity index (χ0) is 41.2. The van der Waals surface area contributed by atoms with E-state index in [2.05, 4.69) is 36.0 Å². The van der Waals surface area contributed by atoms with Crippen molar-refractivity contribution in [2.75, 3.05) is 171 Å². The van der Waals surface area contributed by atoms with Crippen LogP contribution in [-0.2, 0) is 57.0 Å². The second-order valence-electron chi connectivity index (χ2n) is 12.3. The summed E-state index contributed by atoms with van der Waals surface area (Å²) in [6.07, 6.45) is -0.498. The monoisotopic (exact) mass is 808 g/mol. The van der Waals surface area contributed by atoms with Crippen LogP contribution >= 0.6 is 0 Å². The van der Waals surface area contributed by atoms with Crippen molar-refractivity contribution in [1.29, 1.82) is 0 Å². The maximum atomic E-state index is 12.7. The average Bonchev–Trinajstić information content (AvgIpc) is 3.15. The van der Waals surface area contributed by atoms with Crippen molar-refractivity contribution in [3.63, 3.8) is 0 Å². The van der Waals surface area contributed by atoms with E-state index in [0.717, 1.165) is 0 Å². The quantitative estimate of drug-likeness (QED) is 0.0335. The lowest BCUT2D eigenvalue weighted by molar-refractivity contribution is -0.125. The van der Waals surface area contributed by atoms with E-state index in [-0.39, 0.29) is 70.9 Å². The van der Waals surface area contributed by atoms with Crippen molar-refractivity contribution in [1.82, 2.24) is 20.9 Å². The molecule has 0 aromatic rings. The fourth-order valence-corrected chi connectivity index (χ4v) is 3.92. The molecule has 0 aliphatic carbocycles. The van der Waals surface area contributed by atoms with E-state index < -0.39 is 11.7 Å². The summed E-state index contributed by atoms with van der Waals surface area (Å²) in [5.41, 5.74) is 15.9. The number of carbonyl (C=O) groups is 3. The highest BCUT2D eigenvalue weighted by molar-refractivity contribution is 5.81. The van der Waals surface area contributed by atoms with E-state index in [1.807, 2.05) is 0 Å². The van der Waals surface area contributed by atoms with Gasteiger partial charge in [-0.3, -0.25) is 14.5 Å². The normalized spacial score (nSPS) is 11.1. The lowest BCUT2D eigenvalue weighted by atomic mass is 10.2. The molecule has 0 aliphatic heterocycles. The van der Waals surface area contributed by atoms with Gasteiger partial charge in [-0.2, -0.15) is 0 Å². The van der Waals surface area contributed by atoms with E-state index in [4.69, 9.17) is 58.4 Å². The molecule has 0 heterocycles. The third kappa shape index (κ3) is 41.6. The fraction of sp³-hybridized carbons (Fsp3) is 0.909. The molecule has 0 rings (SSSR count). The molecule has 3 amide bonds. The number of ether oxygens (including phenoxy) is 10. The number of carbonyl (C=O) groups excluding carboxylic acids is 3. The molecular weight excluding hydrogens is 744 g/mol. The molecule has 23 nitrogen and oxygen atoms in total. The lowest BCUT2D eigenvalue weighted by Crippen LogP contribution is -2.45. The van der Waals surface area contributed by atoms with Gasteiger partial charge in [-0.1, -0.05) is 10.2 Å². The minimum atomic E-state index is -0.561. The van der Waals surface area contributed by atoms with Crippen LogP contribution in [0.25, 0.3) is 20.9 Å². The van der Waals surface area contributed by atoms with Gasteiger partial charge >= 0.3 is 6.09 Å². The minimum Gasteiger partial charge on any atom is -0.444 e. The number of amides is 3. The Kier molecular flexibility index (Phi) is 37.1. The van der Waals surface area contributed by atoms with Crippen molar-refractivity contribution in [3.05, 3.63) is 20.9 Å². The van der Waals surface area contributed by atoms with Gasteiger partial charge in [-0.15, -0.1) is 0 Å². The van der Waals surface area contributed by atoms with E-state index in [9.17, 15) is 14.4 Å². The fourth-order valence-electron chi connectivity index (χ4n) is 3.92. The number of azide groups is 2. The zero-order valence-electron chi connectivity index (χ0n) is 33.3. The first-order valence-corrected chi connectivity index (χ1v) is 18.6. The number of hydrogen-bond donors (Lipinski definition) is 3. The van der Waals surface area contributed by atoms with E-state index in [0.29, 0.717) is 112 Å². The summed E-state index contributed by atoms with van der Waals surface area (Å²) in [6, 6.07) is 0. The van der Waals surface area contributed by atoms with Gasteiger partial charge in [0, 0.05) is 49.1 Å². The summed E-state index contributed by atoms with van der Waals surface area (Å²) in [4.78, 5) is 43.9. The number of hydrogen-bond acceptors (Lipinski definition) is 16. The highest BCUT2D eigenvalue weighted by atomic mass is 16.6. The number of nitrogens with zero attached hydrogens (tertiary/aromatic N) is 7. The Morgan fingerprint density at radius 3 is 1.18 bits per heavy atom. The van der Waals surface area contributed by atoms with Crippen molar-refractivity contribution in [3.8, 4) is 0 Å². The molecule has 23 heteroatoms. The summed E-state index contributed by atoms with van der Waals surface area (Å²) in [7, 11) is 0. The third-order valence-electron chi connectivity index (χ3n) is 6.37. The van der Waals surface area contributed by atoms with Crippen molar-refractivity contribution in [2.24, 2.45) is 10.2 Å². The molecule has 0 saturated heterocycles. The summed E-state index contributed by atoms with van der Waals surface area (Å²) in [5, 5.41) is 14.9. The SMILES string of the molecule is CC(C)(C)OC(=O)NCCOCCOCCOCCN(CC(=O)NCCOCCOCCOCCN=[N+]=[N-])CC(=O)NCCOCCOCCOCCN=[N+]=[N-]. The number of rotatable bonds is 40. The Morgan fingerprint density at radius 1 is 0.500 bits per heavy atom. The molecule has 0 aromatic carbocycles.